The number of nitrogens with one attached hydrogen (secondary N) is 2. The number of aldehydes is 1. The third-order valence-corrected chi connectivity index (χ3v) is 3.69. The topological polar surface area (TPSA) is 75.3 Å². The predicted molar refractivity (Wildman–Crippen MR) is 115 cm³/mol. The Balaban J connectivity index is 0.000000443. The number of benzene rings is 2. The van der Waals surface area contributed by atoms with Crippen LogP contribution in [0.5, 0.6) is 0 Å². The van der Waals surface area contributed by atoms with Crippen molar-refractivity contribution in [3.8, 4) is 0 Å². The highest BCUT2D eigenvalue weighted by Crippen LogP contribution is 2.16. The molecule has 152 valence electrons. The van der Waals surface area contributed by atoms with Crippen LogP contribution in [0.2, 0.25) is 0 Å². The highest BCUT2D eigenvalue weighted by Gasteiger charge is 2.25. The van der Waals surface area contributed by atoms with Crippen LogP contribution in [0.25, 0.3) is 0 Å². The Hall–Kier alpha value is -2.79. The maximum absolute atomic E-state index is 11.1. The van der Waals surface area contributed by atoms with Gasteiger partial charge in [0.25, 0.3) is 11.8 Å². The van der Waals surface area contributed by atoms with Crippen LogP contribution in [0.1, 0.15) is 75.5 Å². The van der Waals surface area contributed by atoms with Gasteiger partial charge < -0.3 is 5.32 Å². The van der Waals surface area contributed by atoms with Gasteiger partial charge in [-0.1, -0.05) is 57.0 Å². The zero-order valence-corrected chi connectivity index (χ0v) is 18.0. The second kappa shape index (κ2) is 13.4. The minimum absolute atomic E-state index is 0.293. The lowest BCUT2D eigenvalue weighted by Crippen LogP contribution is -2.19. The molecule has 0 atom stereocenters. The third kappa shape index (κ3) is 7.08. The molecule has 0 unspecified atom stereocenters. The fourth-order valence-corrected chi connectivity index (χ4v) is 2.46. The molecule has 0 saturated heterocycles. The van der Waals surface area contributed by atoms with Gasteiger partial charge in [-0.05, 0) is 44.7 Å². The number of imide groups is 1. The van der Waals surface area contributed by atoms with Crippen molar-refractivity contribution in [2.75, 3.05) is 7.05 Å². The lowest BCUT2D eigenvalue weighted by atomic mass is 10.1. The van der Waals surface area contributed by atoms with E-state index >= 15 is 0 Å². The smallest absolute Gasteiger partial charge is 0.258 e. The monoisotopic (exact) mass is 384 g/mol. The molecule has 2 amide bonds. The van der Waals surface area contributed by atoms with Crippen LogP contribution in [0, 0.1) is 13.8 Å². The molecule has 0 radical (unpaired) electrons. The van der Waals surface area contributed by atoms with Crippen molar-refractivity contribution in [3.05, 3.63) is 69.8 Å². The van der Waals surface area contributed by atoms with Gasteiger partial charge in [0.1, 0.15) is 6.29 Å². The summed E-state index contributed by atoms with van der Waals surface area (Å²) in [6, 6.07) is 11.1. The molecule has 2 N–H and O–H groups in total. The van der Waals surface area contributed by atoms with Crippen LogP contribution in [0.4, 0.5) is 0 Å². The first-order valence-corrected chi connectivity index (χ1v) is 9.62. The summed E-state index contributed by atoms with van der Waals surface area (Å²) >= 11 is 0. The van der Waals surface area contributed by atoms with Crippen LogP contribution < -0.4 is 10.6 Å². The Labute approximate surface area is 168 Å². The van der Waals surface area contributed by atoms with Crippen LogP contribution in [0.3, 0.4) is 0 Å². The van der Waals surface area contributed by atoms with Gasteiger partial charge in [-0.2, -0.15) is 0 Å². The van der Waals surface area contributed by atoms with Crippen molar-refractivity contribution in [3.63, 3.8) is 0 Å². The number of aryl methyl sites for hydroxylation is 2. The summed E-state index contributed by atoms with van der Waals surface area (Å²) in [4.78, 5) is 32.8. The molecule has 1 heterocycles. The normalized spacial score (nSPS) is 10.8. The average Bonchev–Trinajstić information content (AvgIpc) is 3.00. The number of carbonyl (C=O) groups is 3. The summed E-state index contributed by atoms with van der Waals surface area (Å²) in [6.07, 6.45) is 0.902. The second-order valence-electron chi connectivity index (χ2n) is 5.68. The predicted octanol–water partition coefficient (Wildman–Crippen LogP) is 4.46. The number of carbonyl (C=O) groups excluding carboxylic acids is 3. The van der Waals surface area contributed by atoms with E-state index < -0.39 is 0 Å². The Morgan fingerprint density at radius 3 is 1.96 bits per heavy atom. The zero-order valence-electron chi connectivity index (χ0n) is 18.0. The molecular formula is C23H32N2O3. The van der Waals surface area contributed by atoms with Gasteiger partial charge in [0.05, 0.1) is 11.1 Å². The van der Waals surface area contributed by atoms with E-state index in [0.717, 1.165) is 35.1 Å². The standard InChI is InChI=1S/C10H13NO.C9H7NO2.2C2H6/c1-8-3-4-9(6-11-2)10(5-8)7-12;1-5-2-3-6-7(4-5)9(12)10-8(6)11;2*1-2/h3-5,7,11H,6H2,1-2H3;2-4H,1H3,(H,10,11,12);2*1-2H3. The molecule has 1 aliphatic heterocycles. The molecule has 0 saturated carbocycles. The average molecular weight is 385 g/mol. The molecule has 0 aliphatic carbocycles. The molecule has 0 spiro atoms. The molecule has 28 heavy (non-hydrogen) atoms. The molecule has 2 aromatic rings. The van der Waals surface area contributed by atoms with E-state index in [1.54, 1.807) is 12.1 Å². The molecule has 1 aliphatic rings. The van der Waals surface area contributed by atoms with Crippen LogP contribution in [0.15, 0.2) is 36.4 Å². The molecule has 5 heteroatoms. The molecule has 3 rings (SSSR count). The van der Waals surface area contributed by atoms with Gasteiger partial charge in [-0.15, -0.1) is 0 Å². The highest BCUT2D eigenvalue weighted by atomic mass is 16.2. The van der Waals surface area contributed by atoms with Crippen molar-refractivity contribution in [1.82, 2.24) is 10.6 Å². The maximum atomic E-state index is 11.1. The zero-order chi connectivity index (χ0) is 21.7. The van der Waals surface area contributed by atoms with E-state index in [1.165, 1.54) is 0 Å². The first-order chi connectivity index (χ1) is 13.5. The summed E-state index contributed by atoms with van der Waals surface area (Å²) in [5.41, 5.74) is 4.91. The van der Waals surface area contributed by atoms with Crippen LogP contribution in [-0.4, -0.2) is 25.1 Å². The number of hydrogen-bond donors (Lipinski definition) is 2. The third-order valence-electron chi connectivity index (χ3n) is 3.69. The van der Waals surface area contributed by atoms with Crippen molar-refractivity contribution in [2.24, 2.45) is 0 Å². The second-order valence-corrected chi connectivity index (χ2v) is 5.68. The molecule has 0 bridgehead atoms. The van der Waals surface area contributed by atoms with Gasteiger partial charge in [0.15, 0.2) is 0 Å². The summed E-state index contributed by atoms with van der Waals surface area (Å²) in [5, 5.41) is 5.25. The first kappa shape index (κ1) is 25.2. The minimum atomic E-state index is -0.296. The Bertz CT molecular complexity index is 798. The van der Waals surface area contributed by atoms with Gasteiger partial charge in [0.2, 0.25) is 0 Å². The van der Waals surface area contributed by atoms with Gasteiger partial charge in [-0.3, -0.25) is 19.7 Å². The Kier molecular flexibility index (Phi) is 12.1. The van der Waals surface area contributed by atoms with Crippen molar-refractivity contribution < 1.29 is 14.4 Å². The number of fused-ring (bicyclic) bond motifs is 1. The summed E-state index contributed by atoms with van der Waals surface area (Å²) < 4.78 is 0. The fourth-order valence-electron chi connectivity index (χ4n) is 2.46. The van der Waals surface area contributed by atoms with Gasteiger partial charge in [0, 0.05) is 12.1 Å². The minimum Gasteiger partial charge on any atom is -0.316 e. The maximum Gasteiger partial charge on any atom is 0.258 e. The Morgan fingerprint density at radius 2 is 1.39 bits per heavy atom. The van der Waals surface area contributed by atoms with Crippen molar-refractivity contribution in [1.29, 1.82) is 0 Å². The molecule has 0 fully saturated rings. The van der Waals surface area contributed by atoms with Crippen molar-refractivity contribution in [2.45, 2.75) is 48.1 Å². The highest BCUT2D eigenvalue weighted by molar-refractivity contribution is 6.21. The summed E-state index contributed by atoms with van der Waals surface area (Å²) in [7, 11) is 1.87. The Morgan fingerprint density at radius 1 is 0.857 bits per heavy atom. The van der Waals surface area contributed by atoms with E-state index in [1.807, 2.05) is 72.9 Å². The number of amides is 2. The van der Waals surface area contributed by atoms with E-state index in [0.29, 0.717) is 11.1 Å². The van der Waals surface area contributed by atoms with Crippen molar-refractivity contribution >= 4 is 18.1 Å². The van der Waals surface area contributed by atoms with E-state index in [-0.39, 0.29) is 11.8 Å². The number of rotatable bonds is 3. The molecular weight excluding hydrogens is 352 g/mol. The lowest BCUT2D eigenvalue weighted by molar-refractivity contribution is 0.0879. The fraction of sp³-hybridized carbons (Fsp3) is 0.348. The van der Waals surface area contributed by atoms with Crippen LogP contribution in [-0.2, 0) is 6.54 Å². The van der Waals surface area contributed by atoms with E-state index in [4.69, 9.17) is 0 Å². The molecule has 5 nitrogen and oxygen atoms in total. The van der Waals surface area contributed by atoms with E-state index in [2.05, 4.69) is 10.6 Å². The largest absolute Gasteiger partial charge is 0.316 e. The van der Waals surface area contributed by atoms with Crippen LogP contribution >= 0.6 is 0 Å². The van der Waals surface area contributed by atoms with Gasteiger partial charge >= 0.3 is 0 Å². The number of hydrogen-bond acceptors (Lipinski definition) is 4. The van der Waals surface area contributed by atoms with Gasteiger partial charge in [-0.25, -0.2) is 0 Å². The SMILES string of the molecule is CC.CC.CNCc1ccc(C)cc1C=O.Cc1ccc2c(c1)C(=O)NC2=O. The van der Waals surface area contributed by atoms with E-state index in [9.17, 15) is 14.4 Å². The first-order valence-electron chi connectivity index (χ1n) is 9.62. The molecule has 2 aromatic carbocycles. The summed E-state index contributed by atoms with van der Waals surface area (Å²) in [6.45, 7) is 12.6. The quantitative estimate of drug-likeness (QED) is 0.605. The lowest BCUT2D eigenvalue weighted by Gasteiger charge is -2.04. The summed E-state index contributed by atoms with van der Waals surface area (Å²) in [5.74, 6) is -0.589. The molecule has 0 aromatic heterocycles.